The first-order valence-corrected chi connectivity index (χ1v) is 5.89. The van der Waals surface area contributed by atoms with Gasteiger partial charge in [0, 0.05) is 24.8 Å². The van der Waals surface area contributed by atoms with Crippen LogP contribution in [0.5, 0.6) is 11.5 Å². The molecule has 1 unspecified atom stereocenters. The van der Waals surface area contributed by atoms with Crippen molar-refractivity contribution in [3.63, 3.8) is 0 Å². The van der Waals surface area contributed by atoms with E-state index in [0.29, 0.717) is 12.3 Å². The zero-order valence-corrected chi connectivity index (χ0v) is 10.2. The van der Waals surface area contributed by atoms with Gasteiger partial charge in [0.05, 0.1) is 6.33 Å². The molecule has 0 saturated carbocycles. The lowest BCUT2D eigenvalue weighted by atomic mass is 10.1. The molecule has 98 valence electrons. The molecule has 2 N–H and O–H groups in total. The van der Waals surface area contributed by atoms with Crippen LogP contribution in [0.3, 0.4) is 0 Å². The molecule has 0 saturated heterocycles. The first kappa shape index (κ1) is 11.7. The summed E-state index contributed by atoms with van der Waals surface area (Å²) in [5, 5.41) is 0. The van der Waals surface area contributed by atoms with Gasteiger partial charge in [-0.05, 0) is 17.7 Å². The van der Waals surface area contributed by atoms with E-state index in [4.69, 9.17) is 15.2 Å². The van der Waals surface area contributed by atoms with E-state index in [0.717, 1.165) is 11.3 Å². The molecule has 0 fully saturated rings. The lowest BCUT2D eigenvalue weighted by molar-refractivity contribution is 0.174. The number of nitrogens with two attached hydrogens (primary N) is 1. The molecule has 6 heteroatoms. The van der Waals surface area contributed by atoms with Crippen LogP contribution in [0, 0.1) is 0 Å². The van der Waals surface area contributed by atoms with Gasteiger partial charge in [0.25, 0.3) is 5.56 Å². The molecule has 1 aliphatic rings. The Morgan fingerprint density at radius 1 is 1.32 bits per heavy atom. The van der Waals surface area contributed by atoms with Gasteiger partial charge in [-0.25, -0.2) is 4.98 Å². The lowest BCUT2D eigenvalue weighted by Crippen LogP contribution is -2.26. The zero-order valence-electron chi connectivity index (χ0n) is 10.2. The number of fused-ring (bicyclic) bond motifs is 1. The summed E-state index contributed by atoms with van der Waals surface area (Å²) in [6.07, 6.45) is 2.94. The summed E-state index contributed by atoms with van der Waals surface area (Å²) in [6, 6.07) is 6.64. The monoisotopic (exact) mass is 259 g/mol. The van der Waals surface area contributed by atoms with Gasteiger partial charge in [-0.15, -0.1) is 0 Å². The van der Waals surface area contributed by atoms with Crippen molar-refractivity contribution < 1.29 is 9.47 Å². The van der Waals surface area contributed by atoms with Crippen LogP contribution in [-0.2, 0) is 6.54 Å². The Labute approximate surface area is 109 Å². The quantitative estimate of drug-likeness (QED) is 0.876. The normalized spacial score (nSPS) is 14.4. The third kappa shape index (κ3) is 2.30. The van der Waals surface area contributed by atoms with Crippen molar-refractivity contribution >= 4 is 0 Å². The van der Waals surface area contributed by atoms with Gasteiger partial charge in [0.2, 0.25) is 6.79 Å². The highest BCUT2D eigenvalue weighted by molar-refractivity contribution is 5.45. The molecular formula is C13H13N3O3. The van der Waals surface area contributed by atoms with Crippen molar-refractivity contribution in [1.82, 2.24) is 9.55 Å². The molecule has 0 amide bonds. The van der Waals surface area contributed by atoms with Crippen LogP contribution in [0.2, 0.25) is 0 Å². The van der Waals surface area contributed by atoms with E-state index in [9.17, 15) is 4.79 Å². The Hall–Kier alpha value is -2.34. The second-order valence-electron chi connectivity index (χ2n) is 4.29. The van der Waals surface area contributed by atoms with Crippen molar-refractivity contribution in [3.8, 4) is 11.5 Å². The van der Waals surface area contributed by atoms with E-state index >= 15 is 0 Å². The number of rotatable bonds is 3. The highest BCUT2D eigenvalue weighted by Crippen LogP contribution is 2.33. The van der Waals surface area contributed by atoms with E-state index in [1.807, 2.05) is 18.2 Å². The minimum atomic E-state index is -0.309. The van der Waals surface area contributed by atoms with Crippen LogP contribution in [0.25, 0.3) is 0 Å². The van der Waals surface area contributed by atoms with Gasteiger partial charge in [-0.2, -0.15) is 0 Å². The van der Waals surface area contributed by atoms with Gasteiger partial charge in [-0.1, -0.05) is 6.07 Å². The Balaban J connectivity index is 1.83. The minimum Gasteiger partial charge on any atom is -0.454 e. The summed E-state index contributed by atoms with van der Waals surface area (Å²) in [5.74, 6) is 1.40. The summed E-state index contributed by atoms with van der Waals surface area (Å²) < 4.78 is 12.0. The summed E-state index contributed by atoms with van der Waals surface area (Å²) >= 11 is 0. The SMILES string of the molecule is NC(Cn1cnccc1=O)c1ccc2c(c1)OCO2. The second kappa shape index (κ2) is 4.74. The standard InChI is InChI=1S/C13H13N3O3/c14-10(6-16-7-15-4-3-13(16)17)9-1-2-11-12(5-9)19-8-18-11/h1-5,7,10H,6,8,14H2. The molecule has 0 spiro atoms. The minimum absolute atomic E-state index is 0.119. The molecule has 0 aliphatic carbocycles. The molecule has 1 aliphatic heterocycles. The van der Waals surface area contributed by atoms with Crippen molar-refractivity contribution in [2.24, 2.45) is 5.73 Å². The van der Waals surface area contributed by atoms with E-state index in [-0.39, 0.29) is 18.4 Å². The number of aromatic nitrogens is 2. The van der Waals surface area contributed by atoms with Gasteiger partial charge in [0.15, 0.2) is 11.5 Å². The Morgan fingerprint density at radius 3 is 3.00 bits per heavy atom. The van der Waals surface area contributed by atoms with Gasteiger partial charge in [-0.3, -0.25) is 9.36 Å². The van der Waals surface area contributed by atoms with Crippen LogP contribution >= 0.6 is 0 Å². The summed E-state index contributed by atoms with van der Waals surface area (Å²) in [7, 11) is 0. The second-order valence-corrected chi connectivity index (χ2v) is 4.29. The maximum atomic E-state index is 11.6. The highest BCUT2D eigenvalue weighted by atomic mass is 16.7. The maximum absolute atomic E-state index is 11.6. The number of nitrogens with zero attached hydrogens (tertiary/aromatic N) is 2. The maximum Gasteiger partial charge on any atom is 0.253 e. The highest BCUT2D eigenvalue weighted by Gasteiger charge is 2.16. The van der Waals surface area contributed by atoms with Gasteiger partial charge >= 0.3 is 0 Å². The average Bonchev–Trinajstić information content (AvgIpc) is 2.88. The molecule has 6 nitrogen and oxygen atoms in total. The third-order valence-electron chi connectivity index (χ3n) is 3.01. The number of hydrogen-bond acceptors (Lipinski definition) is 5. The fourth-order valence-electron chi connectivity index (χ4n) is 1.98. The fourth-order valence-corrected chi connectivity index (χ4v) is 1.98. The molecule has 2 aromatic rings. The molecule has 19 heavy (non-hydrogen) atoms. The first-order chi connectivity index (χ1) is 9.24. The summed E-state index contributed by atoms with van der Waals surface area (Å²) in [6.45, 7) is 0.600. The number of ether oxygens (including phenoxy) is 2. The largest absolute Gasteiger partial charge is 0.454 e. The average molecular weight is 259 g/mol. The smallest absolute Gasteiger partial charge is 0.253 e. The lowest BCUT2D eigenvalue weighted by Gasteiger charge is -2.13. The van der Waals surface area contributed by atoms with Gasteiger partial charge in [0.1, 0.15) is 0 Å². The van der Waals surface area contributed by atoms with E-state index in [1.165, 1.54) is 23.2 Å². The third-order valence-corrected chi connectivity index (χ3v) is 3.01. The predicted molar refractivity (Wildman–Crippen MR) is 68.0 cm³/mol. The fraction of sp³-hybridized carbons (Fsp3) is 0.231. The van der Waals surface area contributed by atoms with Crippen LogP contribution in [0.15, 0.2) is 41.6 Å². The van der Waals surface area contributed by atoms with Crippen LogP contribution < -0.4 is 20.8 Å². The Kier molecular flexibility index (Phi) is 2.92. The van der Waals surface area contributed by atoms with E-state index in [1.54, 1.807) is 0 Å². The topological polar surface area (TPSA) is 79.4 Å². The van der Waals surface area contributed by atoms with Crippen molar-refractivity contribution in [2.75, 3.05) is 6.79 Å². The molecule has 0 radical (unpaired) electrons. The van der Waals surface area contributed by atoms with Gasteiger partial charge < -0.3 is 15.2 Å². The summed E-state index contributed by atoms with van der Waals surface area (Å²) in [4.78, 5) is 15.5. The van der Waals surface area contributed by atoms with Crippen LogP contribution in [0.4, 0.5) is 0 Å². The Morgan fingerprint density at radius 2 is 2.16 bits per heavy atom. The predicted octanol–water partition coefficient (Wildman–Crippen LogP) is 0.672. The van der Waals surface area contributed by atoms with Crippen molar-refractivity contribution in [1.29, 1.82) is 0 Å². The molecule has 1 aromatic heterocycles. The van der Waals surface area contributed by atoms with Crippen LogP contribution in [0.1, 0.15) is 11.6 Å². The molecule has 0 bridgehead atoms. The molecule has 3 rings (SSSR count). The summed E-state index contributed by atoms with van der Waals surface area (Å²) in [5.41, 5.74) is 6.88. The number of hydrogen-bond donors (Lipinski definition) is 1. The van der Waals surface area contributed by atoms with Crippen LogP contribution in [-0.4, -0.2) is 16.3 Å². The van der Waals surface area contributed by atoms with E-state index < -0.39 is 0 Å². The molecule has 2 heterocycles. The first-order valence-electron chi connectivity index (χ1n) is 5.89. The van der Waals surface area contributed by atoms with Crippen molar-refractivity contribution in [3.05, 3.63) is 52.7 Å². The zero-order chi connectivity index (χ0) is 13.2. The Bertz CT molecular complexity index is 654. The molecular weight excluding hydrogens is 246 g/mol. The molecule has 1 aromatic carbocycles. The molecule has 1 atom stereocenters. The van der Waals surface area contributed by atoms with E-state index in [2.05, 4.69) is 4.98 Å². The van der Waals surface area contributed by atoms with Crippen molar-refractivity contribution in [2.45, 2.75) is 12.6 Å². The number of benzene rings is 1.